The van der Waals surface area contributed by atoms with E-state index < -0.39 is 0 Å². The summed E-state index contributed by atoms with van der Waals surface area (Å²) in [7, 11) is 0. The van der Waals surface area contributed by atoms with Crippen LogP contribution in [0.4, 0.5) is 11.4 Å². The lowest BCUT2D eigenvalue weighted by atomic mass is 10.1. The Morgan fingerprint density at radius 3 is 2.50 bits per heavy atom. The van der Waals surface area contributed by atoms with E-state index in [1.54, 1.807) is 0 Å². The Morgan fingerprint density at radius 2 is 1.58 bits per heavy atom. The molecule has 5 aromatic rings. The molecule has 1 N–H and O–H groups in total. The molecule has 1 aromatic heterocycles. The fourth-order valence-corrected chi connectivity index (χ4v) is 3.97. The number of nitrogens with one attached hydrogen (secondary N) is 1. The number of furan rings is 1. The number of anilines is 2. The lowest BCUT2D eigenvalue weighted by Gasteiger charge is -2.24. The van der Waals surface area contributed by atoms with E-state index in [0.29, 0.717) is 10.6 Å². The molecule has 1 aliphatic heterocycles. The number of hydrogen-bond acceptors (Lipinski definition) is 3. The van der Waals surface area contributed by atoms with Crippen LogP contribution in [0.25, 0.3) is 32.7 Å². The van der Waals surface area contributed by atoms with Gasteiger partial charge in [-0.25, -0.2) is 0 Å². The highest BCUT2D eigenvalue weighted by Gasteiger charge is 2.25. The number of para-hydroxylation sites is 1. The molecule has 0 unspecified atom stereocenters. The van der Waals surface area contributed by atoms with Crippen LogP contribution in [-0.2, 0) is 0 Å². The molecule has 0 bridgehead atoms. The molecule has 0 saturated heterocycles. The largest absolute Gasteiger partial charge is 0.454 e. The van der Waals surface area contributed by atoms with Crippen LogP contribution in [0.3, 0.4) is 0 Å². The van der Waals surface area contributed by atoms with Gasteiger partial charge < -0.3 is 14.5 Å². The van der Waals surface area contributed by atoms with Gasteiger partial charge in [0, 0.05) is 10.8 Å². The van der Waals surface area contributed by atoms with Crippen LogP contribution in [0.2, 0.25) is 5.02 Å². The molecule has 0 aliphatic carbocycles. The topological polar surface area (TPSA) is 34.4 Å². The Bertz CT molecular complexity index is 1350. The number of fused-ring (bicyclic) bond motifs is 8. The van der Waals surface area contributed by atoms with Crippen LogP contribution in [0.5, 0.6) is 11.5 Å². The normalized spacial score (nSPS) is 12.7. The molecular weight excluding hydrogens is 346 g/mol. The maximum atomic E-state index is 6.50. The number of rotatable bonds is 0. The zero-order valence-corrected chi connectivity index (χ0v) is 14.3. The molecule has 0 saturated carbocycles. The smallest absolute Gasteiger partial charge is 0.162 e. The van der Waals surface area contributed by atoms with Gasteiger partial charge in [-0.15, -0.1) is 0 Å². The highest BCUT2D eigenvalue weighted by atomic mass is 35.5. The summed E-state index contributed by atoms with van der Waals surface area (Å²) in [6.45, 7) is 0. The van der Waals surface area contributed by atoms with Crippen LogP contribution < -0.4 is 10.1 Å². The van der Waals surface area contributed by atoms with Crippen LogP contribution in [-0.4, -0.2) is 0 Å². The van der Waals surface area contributed by atoms with Gasteiger partial charge in [-0.2, -0.15) is 0 Å². The maximum absolute atomic E-state index is 6.50. The summed E-state index contributed by atoms with van der Waals surface area (Å²) in [5.41, 5.74) is 3.22. The number of benzene rings is 4. The van der Waals surface area contributed by atoms with E-state index in [2.05, 4.69) is 23.5 Å². The summed E-state index contributed by atoms with van der Waals surface area (Å²) in [4.78, 5) is 0. The molecule has 124 valence electrons. The Hall–Kier alpha value is -3.17. The first-order valence-electron chi connectivity index (χ1n) is 8.40. The first-order valence-corrected chi connectivity index (χ1v) is 8.78. The molecule has 1 aliphatic rings. The van der Waals surface area contributed by atoms with Gasteiger partial charge in [0.15, 0.2) is 17.1 Å². The van der Waals surface area contributed by atoms with Crippen LogP contribution in [0.15, 0.2) is 71.1 Å². The van der Waals surface area contributed by atoms with Gasteiger partial charge in [0.25, 0.3) is 0 Å². The minimum absolute atomic E-state index is 0.565. The monoisotopic (exact) mass is 357 g/mol. The van der Waals surface area contributed by atoms with Crippen molar-refractivity contribution >= 4 is 55.7 Å². The summed E-state index contributed by atoms with van der Waals surface area (Å²) >= 11 is 6.50. The minimum Gasteiger partial charge on any atom is -0.454 e. The minimum atomic E-state index is 0.565. The van der Waals surface area contributed by atoms with Gasteiger partial charge in [0.1, 0.15) is 5.58 Å². The van der Waals surface area contributed by atoms with E-state index in [-0.39, 0.29) is 0 Å². The van der Waals surface area contributed by atoms with Crippen molar-refractivity contribution in [1.29, 1.82) is 0 Å². The molecule has 4 heteroatoms. The summed E-state index contributed by atoms with van der Waals surface area (Å²) in [5.74, 6) is 1.57. The fourth-order valence-electron chi connectivity index (χ4n) is 3.73. The lowest BCUT2D eigenvalue weighted by molar-refractivity contribution is 0.492. The second kappa shape index (κ2) is 4.93. The second-order valence-corrected chi connectivity index (χ2v) is 6.84. The molecule has 0 atom stereocenters. The molecular formula is C22H12ClNO2. The highest BCUT2D eigenvalue weighted by molar-refractivity contribution is 6.37. The summed E-state index contributed by atoms with van der Waals surface area (Å²) in [5, 5.41) is 8.13. The van der Waals surface area contributed by atoms with Crippen LogP contribution >= 0.6 is 11.6 Å². The average molecular weight is 358 g/mol. The van der Waals surface area contributed by atoms with E-state index >= 15 is 0 Å². The molecule has 4 aromatic carbocycles. The molecule has 3 nitrogen and oxygen atoms in total. The number of halogens is 1. The van der Waals surface area contributed by atoms with E-state index in [9.17, 15) is 0 Å². The first kappa shape index (κ1) is 14.0. The lowest BCUT2D eigenvalue weighted by Crippen LogP contribution is -2.03. The Morgan fingerprint density at radius 1 is 0.769 bits per heavy atom. The first-order chi connectivity index (χ1) is 12.8. The SMILES string of the molecule is Clc1cc2c(c3c1oc1ccccc13)Oc1c(ccc3ccccc13)N2. The predicted molar refractivity (Wildman–Crippen MR) is 106 cm³/mol. The third-order valence-electron chi connectivity index (χ3n) is 4.91. The van der Waals surface area contributed by atoms with Crippen LogP contribution in [0.1, 0.15) is 0 Å². The Balaban J connectivity index is 1.71. The fraction of sp³-hybridized carbons (Fsp3) is 0. The highest BCUT2D eigenvalue weighted by Crippen LogP contribution is 2.52. The Labute approximate surface area is 153 Å². The molecule has 0 spiro atoms. The van der Waals surface area contributed by atoms with E-state index in [1.165, 1.54) is 0 Å². The van der Waals surface area contributed by atoms with Gasteiger partial charge in [-0.05, 0) is 23.6 Å². The van der Waals surface area contributed by atoms with Crippen molar-refractivity contribution in [3.05, 3.63) is 71.8 Å². The summed E-state index contributed by atoms with van der Waals surface area (Å²) in [6.07, 6.45) is 0. The number of hydrogen-bond donors (Lipinski definition) is 1. The van der Waals surface area contributed by atoms with Crippen molar-refractivity contribution in [3.8, 4) is 11.5 Å². The quantitative estimate of drug-likeness (QED) is 0.311. The van der Waals surface area contributed by atoms with Crippen molar-refractivity contribution < 1.29 is 9.15 Å². The van der Waals surface area contributed by atoms with E-state index in [0.717, 1.165) is 50.0 Å². The average Bonchev–Trinajstić information content (AvgIpc) is 3.07. The van der Waals surface area contributed by atoms with E-state index in [4.69, 9.17) is 20.8 Å². The van der Waals surface area contributed by atoms with Gasteiger partial charge >= 0.3 is 0 Å². The Kier molecular flexibility index (Phi) is 2.66. The molecule has 2 heterocycles. The van der Waals surface area contributed by atoms with Crippen molar-refractivity contribution in [3.63, 3.8) is 0 Å². The molecule has 0 fully saturated rings. The predicted octanol–water partition coefficient (Wildman–Crippen LogP) is 7.24. The van der Waals surface area contributed by atoms with Gasteiger partial charge in [0.05, 0.1) is 21.8 Å². The van der Waals surface area contributed by atoms with E-state index in [1.807, 2.05) is 48.5 Å². The van der Waals surface area contributed by atoms with Gasteiger partial charge in [0.2, 0.25) is 0 Å². The summed E-state index contributed by atoms with van der Waals surface area (Å²) < 4.78 is 12.4. The standard InChI is InChI=1S/C22H12ClNO2/c23-15-11-17-22(19-14-7-3-4-8-18(14)25-21(15)19)26-20-13-6-2-1-5-12(13)9-10-16(20)24-17/h1-11,24H. The van der Waals surface area contributed by atoms with Gasteiger partial charge in [-0.1, -0.05) is 60.1 Å². The van der Waals surface area contributed by atoms with Crippen molar-refractivity contribution in [1.82, 2.24) is 0 Å². The summed E-state index contributed by atoms with van der Waals surface area (Å²) in [6, 6.07) is 22.1. The van der Waals surface area contributed by atoms with Crippen molar-refractivity contribution in [2.75, 3.05) is 5.32 Å². The van der Waals surface area contributed by atoms with Crippen molar-refractivity contribution in [2.45, 2.75) is 0 Å². The maximum Gasteiger partial charge on any atom is 0.162 e. The van der Waals surface area contributed by atoms with Crippen molar-refractivity contribution in [2.24, 2.45) is 0 Å². The third kappa shape index (κ3) is 1.78. The molecule has 0 amide bonds. The second-order valence-electron chi connectivity index (χ2n) is 6.43. The zero-order chi connectivity index (χ0) is 17.3. The molecule has 26 heavy (non-hydrogen) atoms. The molecule has 0 radical (unpaired) electrons. The zero-order valence-electron chi connectivity index (χ0n) is 13.5. The third-order valence-corrected chi connectivity index (χ3v) is 5.19. The number of ether oxygens (including phenoxy) is 1. The van der Waals surface area contributed by atoms with Crippen LogP contribution in [0, 0.1) is 0 Å². The van der Waals surface area contributed by atoms with Gasteiger partial charge in [-0.3, -0.25) is 0 Å². The molecule has 6 rings (SSSR count).